The molecule has 0 bridgehead atoms. The van der Waals surface area contributed by atoms with Crippen molar-refractivity contribution in [2.45, 2.75) is 32.4 Å². The molecule has 2 aromatic heterocycles. The Morgan fingerprint density at radius 2 is 2.19 bits per heavy atom. The number of hydrogen-bond donors (Lipinski definition) is 1. The molecule has 0 aliphatic carbocycles. The highest BCUT2D eigenvalue weighted by atomic mass is 32.1. The van der Waals surface area contributed by atoms with Crippen LogP contribution in [0, 0.1) is 0 Å². The fourth-order valence-electron chi connectivity index (χ4n) is 3.06. The lowest BCUT2D eigenvalue weighted by Crippen LogP contribution is -2.44. The second kappa shape index (κ2) is 6.30. The Morgan fingerprint density at radius 1 is 1.33 bits per heavy atom. The van der Waals surface area contributed by atoms with Gasteiger partial charge in [-0.15, -0.1) is 22.7 Å². The first-order valence-corrected chi connectivity index (χ1v) is 9.06. The van der Waals surface area contributed by atoms with Crippen molar-refractivity contribution in [2.24, 2.45) is 0 Å². The molecule has 112 valence electrons. The zero-order chi connectivity index (χ0) is 14.8. The summed E-state index contributed by atoms with van der Waals surface area (Å²) in [4.78, 5) is 16.7. The van der Waals surface area contributed by atoms with Crippen molar-refractivity contribution < 1.29 is 4.79 Å². The van der Waals surface area contributed by atoms with Gasteiger partial charge in [-0.2, -0.15) is 0 Å². The van der Waals surface area contributed by atoms with Crippen molar-refractivity contribution in [3.63, 3.8) is 0 Å². The molecular weight excluding hydrogens is 300 g/mol. The molecule has 2 atom stereocenters. The van der Waals surface area contributed by atoms with Gasteiger partial charge in [-0.05, 0) is 48.7 Å². The third-order valence-corrected chi connectivity index (χ3v) is 6.14. The van der Waals surface area contributed by atoms with Crippen LogP contribution in [0.3, 0.4) is 0 Å². The smallest absolute Gasteiger partial charge is 0.261 e. The number of amides is 1. The van der Waals surface area contributed by atoms with Crippen molar-refractivity contribution in [3.8, 4) is 0 Å². The lowest BCUT2D eigenvalue weighted by atomic mass is 9.97. The van der Waals surface area contributed by atoms with Crippen LogP contribution in [0.4, 0.5) is 0 Å². The van der Waals surface area contributed by atoms with Crippen molar-refractivity contribution in [2.75, 3.05) is 13.1 Å². The minimum Gasteiger partial charge on any atom is -0.350 e. The summed E-state index contributed by atoms with van der Waals surface area (Å²) in [7, 11) is 0. The molecule has 0 unspecified atom stereocenters. The van der Waals surface area contributed by atoms with Crippen LogP contribution in [-0.2, 0) is 6.42 Å². The van der Waals surface area contributed by atoms with Gasteiger partial charge in [0, 0.05) is 30.1 Å². The molecule has 1 amide bonds. The minimum atomic E-state index is 0.0409. The molecule has 21 heavy (non-hydrogen) atoms. The van der Waals surface area contributed by atoms with Crippen molar-refractivity contribution in [1.82, 2.24) is 10.2 Å². The lowest BCUT2D eigenvalue weighted by molar-refractivity contribution is 0.0934. The largest absolute Gasteiger partial charge is 0.350 e. The summed E-state index contributed by atoms with van der Waals surface area (Å²) in [5, 5.41) is 7.15. The topological polar surface area (TPSA) is 32.3 Å². The van der Waals surface area contributed by atoms with E-state index >= 15 is 0 Å². The fraction of sp³-hybridized carbons (Fsp3) is 0.438. The molecule has 0 aromatic carbocycles. The van der Waals surface area contributed by atoms with Gasteiger partial charge in [0.05, 0.1) is 4.88 Å². The molecule has 3 nitrogen and oxygen atoms in total. The number of carbonyl (C=O) groups excluding carboxylic acids is 1. The third kappa shape index (κ3) is 3.05. The predicted octanol–water partition coefficient (Wildman–Crippen LogP) is 3.55. The van der Waals surface area contributed by atoms with E-state index in [1.54, 1.807) is 0 Å². The number of hydrogen-bond acceptors (Lipinski definition) is 4. The van der Waals surface area contributed by atoms with Gasteiger partial charge in [0.15, 0.2) is 0 Å². The van der Waals surface area contributed by atoms with Gasteiger partial charge in [-0.1, -0.05) is 6.07 Å². The normalized spacial score (nSPS) is 22.0. The molecule has 0 spiro atoms. The summed E-state index contributed by atoms with van der Waals surface area (Å²) in [6.07, 6.45) is 1.11. The van der Waals surface area contributed by atoms with Gasteiger partial charge in [-0.25, -0.2) is 0 Å². The van der Waals surface area contributed by atoms with Crippen LogP contribution in [0.25, 0.3) is 0 Å². The van der Waals surface area contributed by atoms with Gasteiger partial charge >= 0.3 is 0 Å². The van der Waals surface area contributed by atoms with Gasteiger partial charge < -0.3 is 5.32 Å². The van der Waals surface area contributed by atoms with Crippen LogP contribution in [-0.4, -0.2) is 29.9 Å². The Morgan fingerprint density at radius 3 is 2.95 bits per heavy atom. The van der Waals surface area contributed by atoms with E-state index in [9.17, 15) is 4.79 Å². The lowest BCUT2D eigenvalue weighted by Gasteiger charge is -2.38. The number of thiophene rings is 2. The average molecular weight is 320 g/mol. The first kappa shape index (κ1) is 14.8. The Balaban J connectivity index is 1.57. The Kier molecular flexibility index (Phi) is 4.42. The number of nitrogens with one attached hydrogen (secondary N) is 1. The van der Waals surface area contributed by atoms with Crippen LogP contribution in [0.2, 0.25) is 0 Å². The minimum absolute atomic E-state index is 0.0409. The van der Waals surface area contributed by atoms with E-state index in [4.69, 9.17) is 0 Å². The standard InChI is InChI=1S/C16H20N2OS2/c1-11-10-13-5-9-21-15(13)12(2)18(11)7-6-17-16(19)14-4-3-8-20-14/h3-5,8-9,11-12H,6-7,10H2,1-2H3,(H,17,19)/t11-,12+/m1/s1. The number of carbonyl (C=O) groups is 1. The SMILES string of the molecule is C[C@@H]1Cc2ccsc2[C@H](C)N1CCNC(=O)c1cccs1. The van der Waals surface area contributed by atoms with Crippen molar-refractivity contribution in [3.05, 3.63) is 44.3 Å². The summed E-state index contributed by atoms with van der Waals surface area (Å²) < 4.78 is 0. The first-order valence-electron chi connectivity index (χ1n) is 7.30. The van der Waals surface area contributed by atoms with E-state index in [2.05, 4.69) is 35.5 Å². The van der Waals surface area contributed by atoms with E-state index in [1.165, 1.54) is 21.8 Å². The molecule has 2 aromatic rings. The highest BCUT2D eigenvalue weighted by Crippen LogP contribution is 2.35. The summed E-state index contributed by atoms with van der Waals surface area (Å²) in [5.74, 6) is 0.0409. The Hall–Kier alpha value is -1.17. The molecule has 0 fully saturated rings. The van der Waals surface area contributed by atoms with E-state index in [-0.39, 0.29) is 5.91 Å². The first-order chi connectivity index (χ1) is 10.2. The highest BCUT2D eigenvalue weighted by molar-refractivity contribution is 7.12. The zero-order valence-corrected chi connectivity index (χ0v) is 14.0. The summed E-state index contributed by atoms with van der Waals surface area (Å²) in [6, 6.07) is 7.00. The molecule has 0 saturated carbocycles. The summed E-state index contributed by atoms with van der Waals surface area (Å²) in [5.41, 5.74) is 1.50. The van der Waals surface area contributed by atoms with E-state index in [0.29, 0.717) is 18.6 Å². The maximum absolute atomic E-state index is 12.0. The molecule has 3 heterocycles. The van der Waals surface area contributed by atoms with Gasteiger partial charge in [0.1, 0.15) is 0 Å². The van der Waals surface area contributed by atoms with Crippen LogP contribution in [0.15, 0.2) is 29.0 Å². The summed E-state index contributed by atoms with van der Waals surface area (Å²) >= 11 is 3.34. The monoisotopic (exact) mass is 320 g/mol. The van der Waals surface area contributed by atoms with Crippen molar-refractivity contribution >= 4 is 28.6 Å². The maximum Gasteiger partial charge on any atom is 0.261 e. The predicted molar refractivity (Wildman–Crippen MR) is 89.3 cm³/mol. The molecule has 3 rings (SSSR count). The van der Waals surface area contributed by atoms with Gasteiger partial charge in [-0.3, -0.25) is 9.69 Å². The molecule has 1 N–H and O–H groups in total. The van der Waals surface area contributed by atoms with Gasteiger partial charge in [0.2, 0.25) is 0 Å². The molecule has 1 aliphatic heterocycles. The molecule has 0 radical (unpaired) electrons. The van der Waals surface area contributed by atoms with Crippen LogP contribution >= 0.6 is 22.7 Å². The van der Waals surface area contributed by atoms with E-state index in [0.717, 1.165) is 17.8 Å². The Labute approximate surface area is 133 Å². The van der Waals surface area contributed by atoms with Gasteiger partial charge in [0.25, 0.3) is 5.91 Å². The molecular formula is C16H20N2OS2. The van der Waals surface area contributed by atoms with Crippen LogP contribution in [0.1, 0.15) is 40.0 Å². The fourth-order valence-corrected chi connectivity index (χ4v) is 4.71. The average Bonchev–Trinajstić information content (AvgIpc) is 3.12. The summed E-state index contributed by atoms with van der Waals surface area (Å²) in [6.45, 7) is 6.15. The van der Waals surface area contributed by atoms with Crippen molar-refractivity contribution in [1.29, 1.82) is 0 Å². The van der Waals surface area contributed by atoms with E-state index in [1.807, 2.05) is 28.8 Å². The maximum atomic E-state index is 12.0. The highest BCUT2D eigenvalue weighted by Gasteiger charge is 2.29. The Bertz CT molecular complexity index is 606. The van der Waals surface area contributed by atoms with Crippen LogP contribution in [0.5, 0.6) is 0 Å². The second-order valence-corrected chi connectivity index (χ2v) is 7.41. The molecule has 0 saturated heterocycles. The molecule has 1 aliphatic rings. The third-order valence-electron chi connectivity index (χ3n) is 4.14. The second-order valence-electron chi connectivity index (χ2n) is 5.51. The quantitative estimate of drug-likeness (QED) is 0.934. The number of nitrogens with zero attached hydrogens (tertiary/aromatic N) is 1. The van der Waals surface area contributed by atoms with Crippen LogP contribution < -0.4 is 5.32 Å². The molecule has 5 heteroatoms. The zero-order valence-electron chi connectivity index (χ0n) is 12.3. The number of rotatable bonds is 4. The number of fused-ring (bicyclic) bond motifs is 1. The van der Waals surface area contributed by atoms with E-state index < -0.39 is 0 Å².